The summed E-state index contributed by atoms with van der Waals surface area (Å²) >= 11 is 0. The largest absolute Gasteiger partial charge is 0.323 e. The third-order valence-corrected chi connectivity index (χ3v) is 7.49. The fourth-order valence-corrected chi connectivity index (χ4v) is 5.24. The molecule has 1 N–H and O–H groups in total. The quantitative estimate of drug-likeness (QED) is 0.358. The average molecular weight is 555 g/mol. The fourth-order valence-electron chi connectivity index (χ4n) is 5.24. The van der Waals surface area contributed by atoms with Crippen molar-refractivity contribution >= 4 is 11.6 Å². The van der Waals surface area contributed by atoms with Crippen LogP contribution in [-0.4, -0.2) is 50.4 Å². The fraction of sp³-hybridized carbons (Fsp3) is 0.286. The lowest BCUT2D eigenvalue weighted by Crippen LogP contribution is -2.27. The van der Waals surface area contributed by atoms with E-state index in [0.717, 1.165) is 11.3 Å². The molecule has 12 nitrogen and oxygen atoms in total. The average Bonchev–Trinajstić information content (AvgIpc) is 3.62. The Labute approximate surface area is 233 Å². The Balaban J connectivity index is 1.46. The van der Waals surface area contributed by atoms with Gasteiger partial charge in [-0.15, -0.1) is 5.10 Å². The Morgan fingerprint density at radius 1 is 1.07 bits per heavy atom. The number of hydrogen-bond donors (Lipinski definition) is 1. The van der Waals surface area contributed by atoms with Crippen molar-refractivity contribution in [3.05, 3.63) is 82.8 Å². The zero-order valence-corrected chi connectivity index (χ0v) is 22.7. The molecule has 2 atom stereocenters. The van der Waals surface area contributed by atoms with Gasteiger partial charge in [0.15, 0.2) is 0 Å². The summed E-state index contributed by atoms with van der Waals surface area (Å²) in [6, 6.07) is 7.91. The van der Waals surface area contributed by atoms with Crippen molar-refractivity contribution in [1.82, 2.24) is 44.5 Å². The van der Waals surface area contributed by atoms with Gasteiger partial charge < -0.3 is 5.32 Å². The number of anilines is 1. The van der Waals surface area contributed by atoms with Crippen molar-refractivity contribution in [2.24, 2.45) is 13.0 Å². The molecule has 0 saturated heterocycles. The van der Waals surface area contributed by atoms with Crippen molar-refractivity contribution in [3.63, 3.8) is 0 Å². The number of fused-ring (bicyclic) bond motifs is 4. The Morgan fingerprint density at radius 2 is 1.93 bits per heavy atom. The minimum atomic E-state index is -0.512. The number of benzene rings is 1. The van der Waals surface area contributed by atoms with E-state index in [2.05, 4.69) is 35.9 Å². The van der Waals surface area contributed by atoms with Crippen LogP contribution in [0.5, 0.6) is 0 Å². The van der Waals surface area contributed by atoms with E-state index in [9.17, 15) is 9.59 Å². The molecule has 5 heterocycles. The molecule has 1 aliphatic rings. The van der Waals surface area contributed by atoms with Gasteiger partial charge in [-0.25, -0.2) is 9.37 Å². The highest BCUT2D eigenvalue weighted by atomic mass is 19.1. The summed E-state index contributed by atoms with van der Waals surface area (Å²) in [5.41, 5.74) is 3.51. The van der Waals surface area contributed by atoms with Gasteiger partial charge in [-0.2, -0.15) is 9.78 Å². The zero-order chi connectivity index (χ0) is 28.7. The molecule has 13 heteroatoms. The van der Waals surface area contributed by atoms with Gasteiger partial charge in [0.25, 0.3) is 5.56 Å². The topological polar surface area (TPSA) is 138 Å². The van der Waals surface area contributed by atoms with E-state index in [1.165, 1.54) is 28.0 Å². The minimum Gasteiger partial charge on any atom is -0.323 e. The van der Waals surface area contributed by atoms with Crippen molar-refractivity contribution in [3.8, 4) is 28.2 Å². The Bertz CT molecular complexity index is 1810. The van der Waals surface area contributed by atoms with E-state index in [4.69, 9.17) is 0 Å². The van der Waals surface area contributed by atoms with E-state index < -0.39 is 11.9 Å². The predicted molar refractivity (Wildman–Crippen MR) is 148 cm³/mol. The van der Waals surface area contributed by atoms with Crippen LogP contribution in [0.4, 0.5) is 10.1 Å². The molecule has 1 aliphatic heterocycles. The summed E-state index contributed by atoms with van der Waals surface area (Å²) in [7, 11) is 1.80. The lowest BCUT2D eigenvalue weighted by molar-refractivity contribution is -0.119. The van der Waals surface area contributed by atoms with Crippen LogP contribution in [0.15, 0.2) is 60.2 Å². The molecule has 0 unspecified atom stereocenters. The Morgan fingerprint density at radius 3 is 2.71 bits per heavy atom. The Kier molecular flexibility index (Phi) is 6.69. The highest BCUT2D eigenvalue weighted by Crippen LogP contribution is 2.33. The molecular weight excluding hydrogens is 527 g/mol. The van der Waals surface area contributed by atoms with E-state index in [1.54, 1.807) is 43.2 Å². The third kappa shape index (κ3) is 4.79. The highest BCUT2D eigenvalue weighted by Gasteiger charge is 2.25. The molecule has 5 aromatic rings. The van der Waals surface area contributed by atoms with Crippen molar-refractivity contribution in [1.29, 1.82) is 0 Å². The summed E-state index contributed by atoms with van der Waals surface area (Å²) in [6.07, 6.45) is 7.91. The lowest BCUT2D eigenvalue weighted by atomic mass is 9.97. The van der Waals surface area contributed by atoms with Gasteiger partial charge in [0.05, 0.1) is 52.6 Å². The second-order valence-electron chi connectivity index (χ2n) is 10.2. The molecule has 1 aromatic carbocycles. The number of rotatable bonds is 3. The molecule has 4 aromatic heterocycles. The number of amides is 1. The summed E-state index contributed by atoms with van der Waals surface area (Å²) in [5.74, 6) is -0.852. The maximum Gasteiger partial charge on any atom is 0.254 e. The van der Waals surface area contributed by atoms with Crippen LogP contribution in [0, 0.1) is 18.7 Å². The van der Waals surface area contributed by atoms with Gasteiger partial charge in [0.1, 0.15) is 12.1 Å². The molecule has 0 saturated carbocycles. The van der Waals surface area contributed by atoms with Crippen LogP contribution in [0.3, 0.4) is 0 Å². The number of carbonyl (C=O) groups excluding carboxylic acids is 1. The molecule has 2 bridgehead atoms. The molecule has 0 spiro atoms. The second-order valence-corrected chi connectivity index (χ2v) is 10.2. The van der Waals surface area contributed by atoms with Crippen LogP contribution in [-0.2, 0) is 11.8 Å². The molecular formula is C28H27FN10O2. The van der Waals surface area contributed by atoms with Gasteiger partial charge in [-0.1, -0.05) is 19.4 Å². The van der Waals surface area contributed by atoms with Crippen molar-refractivity contribution in [2.75, 3.05) is 5.32 Å². The smallest absolute Gasteiger partial charge is 0.254 e. The summed E-state index contributed by atoms with van der Waals surface area (Å²) in [5, 5.41) is 18.5. The number of hydrogen-bond acceptors (Lipinski definition) is 8. The number of nitrogens with one attached hydrogen (secondary N) is 1. The van der Waals surface area contributed by atoms with Crippen LogP contribution in [0.2, 0.25) is 0 Å². The van der Waals surface area contributed by atoms with Gasteiger partial charge in [-0.3, -0.25) is 23.8 Å². The van der Waals surface area contributed by atoms with Crippen LogP contribution >= 0.6 is 0 Å². The molecule has 41 heavy (non-hydrogen) atoms. The second kappa shape index (κ2) is 10.5. The number of tetrazole rings is 1. The summed E-state index contributed by atoms with van der Waals surface area (Å²) < 4.78 is 20.0. The molecule has 6 rings (SSSR count). The molecule has 208 valence electrons. The molecule has 0 aliphatic carbocycles. The lowest BCUT2D eigenvalue weighted by Gasteiger charge is -2.22. The summed E-state index contributed by atoms with van der Waals surface area (Å²) in [6.45, 7) is 3.52. The van der Waals surface area contributed by atoms with E-state index in [-0.39, 0.29) is 28.6 Å². The highest BCUT2D eigenvalue weighted by molar-refractivity contribution is 5.95. The number of aryl methyl sites for hydroxylation is 2. The first-order valence-corrected chi connectivity index (χ1v) is 13.2. The monoisotopic (exact) mass is 554 g/mol. The van der Waals surface area contributed by atoms with Gasteiger partial charge in [-0.05, 0) is 54.0 Å². The maximum atomic E-state index is 15.4. The van der Waals surface area contributed by atoms with Gasteiger partial charge in [0, 0.05) is 30.8 Å². The maximum absolute atomic E-state index is 15.4. The van der Waals surface area contributed by atoms with E-state index in [0.29, 0.717) is 41.9 Å². The Hall–Kier alpha value is -5.07. The normalized spacial score (nSPS) is 17.3. The number of carbonyl (C=O) groups is 1. The third-order valence-electron chi connectivity index (χ3n) is 7.49. The number of pyridine rings is 1. The summed E-state index contributed by atoms with van der Waals surface area (Å²) in [4.78, 5) is 35.7. The van der Waals surface area contributed by atoms with E-state index in [1.807, 2.05) is 19.1 Å². The molecule has 1 amide bonds. The first-order valence-electron chi connectivity index (χ1n) is 13.2. The minimum absolute atomic E-state index is 0.0904. The predicted octanol–water partition coefficient (Wildman–Crippen LogP) is 3.48. The SMILES string of the molecule is Cc1ccc(-n2cnnn2)c(-c2cc(=O)n([C@H]3CCC[C@@H](C)C(=O)Nc4cnn(C)c4-c4ccnc3c4)cn2)c1F. The van der Waals surface area contributed by atoms with Gasteiger partial charge >= 0.3 is 0 Å². The van der Waals surface area contributed by atoms with Crippen molar-refractivity contribution < 1.29 is 9.18 Å². The number of halogens is 1. The van der Waals surface area contributed by atoms with Crippen LogP contribution in [0.1, 0.15) is 43.5 Å². The van der Waals surface area contributed by atoms with Crippen LogP contribution < -0.4 is 10.9 Å². The first kappa shape index (κ1) is 26.2. The molecule has 0 radical (unpaired) electrons. The van der Waals surface area contributed by atoms with Crippen molar-refractivity contribution in [2.45, 2.75) is 39.2 Å². The van der Waals surface area contributed by atoms with Gasteiger partial charge in [0.2, 0.25) is 5.91 Å². The molecule has 0 fully saturated rings. The van der Waals surface area contributed by atoms with Crippen LogP contribution in [0.25, 0.3) is 28.2 Å². The number of nitrogens with zero attached hydrogens (tertiary/aromatic N) is 9. The van der Waals surface area contributed by atoms with E-state index >= 15 is 4.39 Å². The zero-order valence-electron chi connectivity index (χ0n) is 22.7. The first-order chi connectivity index (χ1) is 19.8. The standard InChI is InChI=1S/C28H27FN10O2/c1-16-7-8-23(39-15-32-35-36-39)25(26(16)29)20-12-24(40)38(14-31-20)22-6-4-5-17(2)28(41)34-21-13-33-37(3)27(21)18-9-10-30-19(22)11-18/h7-15,17,22H,4-6H2,1-3H3,(H,34,41)/t17-,22+/m1/s1. The number of aromatic nitrogens is 9.